The first-order valence-electron chi connectivity index (χ1n) is 9.45. The highest BCUT2D eigenvalue weighted by atomic mass is 32.1. The maximum atomic E-state index is 11.9. The number of thiophene rings is 1. The second-order valence-corrected chi connectivity index (χ2v) is 7.94. The molecule has 1 aliphatic carbocycles. The van der Waals surface area contributed by atoms with Gasteiger partial charge in [-0.15, -0.1) is 11.3 Å². The van der Waals surface area contributed by atoms with E-state index in [1.807, 2.05) is 13.0 Å². The van der Waals surface area contributed by atoms with Gasteiger partial charge in [0.15, 0.2) is 12.4 Å². The zero-order valence-electron chi connectivity index (χ0n) is 16.0. The van der Waals surface area contributed by atoms with Crippen molar-refractivity contribution in [2.24, 2.45) is 0 Å². The molecule has 0 atom stereocenters. The van der Waals surface area contributed by atoms with Crippen LogP contribution in [0.5, 0.6) is 0 Å². The third-order valence-electron chi connectivity index (χ3n) is 4.31. The van der Waals surface area contributed by atoms with Gasteiger partial charge in [-0.1, -0.05) is 11.6 Å². The standard InChI is InChI=1S/C20H26N2O5S/c1-14-7-9-17(28-14)16(23)8-10-19(25)27-13-18(24)22-20(26)21-12-11-15-5-3-2-4-6-15/h5,7,9H,2-4,6,8,10-13H2,1H3,(H2,21,22,24,26). The normalized spacial score (nSPS) is 13.4. The van der Waals surface area contributed by atoms with Gasteiger partial charge in [-0.2, -0.15) is 0 Å². The molecule has 28 heavy (non-hydrogen) atoms. The predicted octanol–water partition coefficient (Wildman–Crippen LogP) is 3.28. The summed E-state index contributed by atoms with van der Waals surface area (Å²) in [4.78, 5) is 48.5. The fourth-order valence-electron chi connectivity index (χ4n) is 2.82. The maximum Gasteiger partial charge on any atom is 0.321 e. The third-order valence-corrected chi connectivity index (χ3v) is 5.35. The molecular formula is C20H26N2O5S. The van der Waals surface area contributed by atoms with E-state index in [0.717, 1.165) is 24.1 Å². The first kappa shape index (κ1) is 21.8. The zero-order chi connectivity index (χ0) is 20.4. The van der Waals surface area contributed by atoms with Crippen molar-refractivity contribution in [3.8, 4) is 0 Å². The summed E-state index contributed by atoms with van der Waals surface area (Å²) in [6, 6.07) is 2.96. The number of carbonyl (C=O) groups is 4. The quantitative estimate of drug-likeness (QED) is 0.372. The fourth-order valence-corrected chi connectivity index (χ4v) is 3.65. The number of nitrogens with one attached hydrogen (secondary N) is 2. The molecule has 0 radical (unpaired) electrons. The van der Waals surface area contributed by atoms with Crippen LogP contribution in [0.2, 0.25) is 0 Å². The van der Waals surface area contributed by atoms with E-state index in [0.29, 0.717) is 11.4 Å². The second kappa shape index (κ2) is 11.4. The molecule has 1 aromatic rings. The summed E-state index contributed by atoms with van der Waals surface area (Å²) in [6.07, 6.45) is 7.44. The minimum absolute atomic E-state index is 0.0245. The van der Waals surface area contributed by atoms with Gasteiger partial charge in [-0.25, -0.2) is 4.79 Å². The molecule has 0 fully saturated rings. The van der Waals surface area contributed by atoms with E-state index < -0.39 is 24.5 Å². The second-order valence-electron chi connectivity index (χ2n) is 6.66. The first-order chi connectivity index (χ1) is 13.4. The molecule has 152 valence electrons. The largest absolute Gasteiger partial charge is 0.456 e. The molecule has 2 N–H and O–H groups in total. The Balaban J connectivity index is 1.56. The van der Waals surface area contributed by atoms with Gasteiger partial charge in [0.05, 0.1) is 11.3 Å². The highest BCUT2D eigenvalue weighted by Gasteiger charge is 2.14. The zero-order valence-corrected chi connectivity index (χ0v) is 16.9. The van der Waals surface area contributed by atoms with Gasteiger partial charge < -0.3 is 10.1 Å². The molecule has 0 saturated heterocycles. The number of amides is 3. The number of esters is 1. The summed E-state index contributed by atoms with van der Waals surface area (Å²) in [5, 5.41) is 4.73. The van der Waals surface area contributed by atoms with Crippen LogP contribution < -0.4 is 10.6 Å². The van der Waals surface area contributed by atoms with Gasteiger partial charge in [0, 0.05) is 17.8 Å². The molecule has 0 aliphatic heterocycles. The van der Waals surface area contributed by atoms with Gasteiger partial charge >= 0.3 is 12.0 Å². The lowest BCUT2D eigenvalue weighted by atomic mass is 9.97. The SMILES string of the molecule is Cc1ccc(C(=O)CCC(=O)OCC(=O)NC(=O)NCCC2=CCCCC2)s1. The van der Waals surface area contributed by atoms with E-state index in [1.165, 1.54) is 29.8 Å². The van der Waals surface area contributed by atoms with Crippen molar-refractivity contribution in [3.05, 3.63) is 33.5 Å². The van der Waals surface area contributed by atoms with E-state index in [-0.39, 0.29) is 18.6 Å². The number of aryl methyl sites for hydroxylation is 1. The van der Waals surface area contributed by atoms with Crippen molar-refractivity contribution in [2.75, 3.05) is 13.2 Å². The van der Waals surface area contributed by atoms with Crippen LogP contribution in [0.4, 0.5) is 4.79 Å². The summed E-state index contributed by atoms with van der Waals surface area (Å²) < 4.78 is 4.81. The van der Waals surface area contributed by atoms with Crippen molar-refractivity contribution in [1.82, 2.24) is 10.6 Å². The van der Waals surface area contributed by atoms with Gasteiger partial charge in [0.1, 0.15) is 0 Å². The number of carbonyl (C=O) groups excluding carboxylic acids is 4. The predicted molar refractivity (Wildman–Crippen MR) is 106 cm³/mol. The highest BCUT2D eigenvalue weighted by Crippen LogP contribution is 2.19. The van der Waals surface area contributed by atoms with E-state index in [2.05, 4.69) is 16.7 Å². The molecule has 0 unspecified atom stereocenters. The number of urea groups is 1. The number of rotatable bonds is 9. The summed E-state index contributed by atoms with van der Waals surface area (Å²) in [6.45, 7) is 1.80. The molecule has 2 rings (SSSR count). The van der Waals surface area contributed by atoms with Crippen LogP contribution in [0, 0.1) is 6.92 Å². The van der Waals surface area contributed by atoms with Crippen molar-refractivity contribution in [3.63, 3.8) is 0 Å². The molecule has 8 heteroatoms. The van der Waals surface area contributed by atoms with Crippen molar-refractivity contribution < 1.29 is 23.9 Å². The summed E-state index contributed by atoms with van der Waals surface area (Å²) in [5.74, 6) is -1.49. The van der Waals surface area contributed by atoms with Crippen LogP contribution in [0.25, 0.3) is 0 Å². The molecule has 7 nitrogen and oxygen atoms in total. The van der Waals surface area contributed by atoms with Gasteiger partial charge in [-0.3, -0.25) is 19.7 Å². The molecule has 3 amide bonds. The Morgan fingerprint density at radius 2 is 1.96 bits per heavy atom. The number of ether oxygens (including phenoxy) is 1. The Labute approximate surface area is 168 Å². The average Bonchev–Trinajstić information content (AvgIpc) is 3.11. The Bertz CT molecular complexity index is 754. The van der Waals surface area contributed by atoms with Crippen LogP contribution in [-0.4, -0.2) is 36.8 Å². The lowest BCUT2D eigenvalue weighted by Gasteiger charge is -2.13. The Kier molecular flexibility index (Phi) is 8.87. The molecule has 0 aromatic carbocycles. The third kappa shape index (κ3) is 8.04. The maximum absolute atomic E-state index is 11.9. The van der Waals surface area contributed by atoms with Crippen molar-refractivity contribution >= 4 is 35.0 Å². The van der Waals surface area contributed by atoms with Gasteiger partial charge in [0.2, 0.25) is 0 Å². The minimum atomic E-state index is -0.706. The van der Waals surface area contributed by atoms with Gasteiger partial charge in [0.25, 0.3) is 5.91 Å². The monoisotopic (exact) mass is 406 g/mol. The smallest absolute Gasteiger partial charge is 0.321 e. The molecule has 0 bridgehead atoms. The van der Waals surface area contributed by atoms with Crippen LogP contribution in [0.15, 0.2) is 23.8 Å². The topological polar surface area (TPSA) is 102 Å². The lowest BCUT2D eigenvalue weighted by molar-refractivity contribution is -0.148. The Morgan fingerprint density at radius 1 is 1.14 bits per heavy atom. The molecule has 1 aromatic heterocycles. The van der Waals surface area contributed by atoms with Crippen molar-refractivity contribution in [1.29, 1.82) is 0 Å². The minimum Gasteiger partial charge on any atom is -0.456 e. The number of ketones is 1. The van der Waals surface area contributed by atoms with E-state index in [1.54, 1.807) is 6.07 Å². The van der Waals surface area contributed by atoms with E-state index >= 15 is 0 Å². The highest BCUT2D eigenvalue weighted by molar-refractivity contribution is 7.14. The molecule has 0 spiro atoms. The first-order valence-corrected chi connectivity index (χ1v) is 10.3. The summed E-state index contributed by atoms with van der Waals surface area (Å²) in [5.41, 5.74) is 1.33. The van der Waals surface area contributed by atoms with E-state index in [4.69, 9.17) is 4.74 Å². The van der Waals surface area contributed by atoms with Crippen molar-refractivity contribution in [2.45, 2.75) is 51.9 Å². The van der Waals surface area contributed by atoms with Crippen LogP contribution in [0.1, 0.15) is 59.5 Å². The number of allylic oxidation sites excluding steroid dienone is 1. The molecule has 0 saturated carbocycles. The van der Waals surface area contributed by atoms with Crippen LogP contribution in [-0.2, 0) is 14.3 Å². The van der Waals surface area contributed by atoms with Crippen LogP contribution in [0.3, 0.4) is 0 Å². The number of Topliss-reactive ketones (excluding diaryl/α,β-unsaturated/α-hetero) is 1. The van der Waals surface area contributed by atoms with E-state index in [9.17, 15) is 19.2 Å². The van der Waals surface area contributed by atoms with Gasteiger partial charge in [-0.05, 0) is 51.2 Å². The average molecular weight is 407 g/mol. The lowest BCUT2D eigenvalue weighted by Crippen LogP contribution is -2.41. The number of hydrogen-bond acceptors (Lipinski definition) is 6. The number of hydrogen-bond donors (Lipinski definition) is 2. The Morgan fingerprint density at radius 3 is 2.64 bits per heavy atom. The molecule has 1 heterocycles. The molecule has 1 aliphatic rings. The summed E-state index contributed by atoms with van der Waals surface area (Å²) in [7, 11) is 0. The molecular weight excluding hydrogens is 380 g/mol. The summed E-state index contributed by atoms with van der Waals surface area (Å²) >= 11 is 1.37. The van der Waals surface area contributed by atoms with Crippen LogP contribution >= 0.6 is 11.3 Å². The Hall–Kier alpha value is -2.48. The number of imide groups is 1. The fraction of sp³-hybridized carbons (Fsp3) is 0.500.